The monoisotopic (exact) mass is 270 g/mol. The van der Waals surface area contributed by atoms with E-state index in [9.17, 15) is 9.59 Å². The van der Waals surface area contributed by atoms with Crippen molar-refractivity contribution in [3.05, 3.63) is 53.1 Å². The number of hydrogen-bond donors (Lipinski definition) is 0. The molecule has 1 aliphatic heterocycles. The van der Waals surface area contributed by atoms with Crippen LogP contribution in [0.3, 0.4) is 0 Å². The van der Waals surface area contributed by atoms with Crippen LogP contribution >= 0.6 is 0 Å². The van der Waals surface area contributed by atoms with Crippen molar-refractivity contribution < 1.29 is 19.1 Å². The summed E-state index contributed by atoms with van der Waals surface area (Å²) in [5.74, 6) is -2.58. The molecule has 0 amide bonds. The number of hydrogen-bond acceptors (Lipinski definition) is 4. The Bertz CT molecular complexity index is 630. The molecule has 1 aromatic carbocycles. The van der Waals surface area contributed by atoms with Crippen molar-refractivity contribution in [2.45, 2.75) is 25.6 Å². The number of benzene rings is 1. The maximum atomic E-state index is 11.9. The number of cyclic esters (lactones) is 2. The molecule has 0 spiro atoms. The molecule has 4 nitrogen and oxygen atoms in total. The first-order valence-electron chi connectivity index (χ1n) is 6.42. The molecule has 1 atom stereocenters. The number of carbonyl (C=O) groups excluding carboxylic acids is 2. The first-order chi connectivity index (χ1) is 9.46. The van der Waals surface area contributed by atoms with Crippen molar-refractivity contribution in [1.82, 2.24) is 0 Å². The van der Waals surface area contributed by atoms with Crippen LogP contribution in [0.1, 0.15) is 30.9 Å². The Balaban J connectivity index is 1.93. The van der Waals surface area contributed by atoms with Crippen molar-refractivity contribution in [1.29, 1.82) is 0 Å². The van der Waals surface area contributed by atoms with Gasteiger partial charge in [-0.2, -0.15) is 0 Å². The molecule has 1 unspecified atom stereocenters. The van der Waals surface area contributed by atoms with Gasteiger partial charge in [-0.25, -0.2) is 9.59 Å². The molecule has 0 radical (unpaired) electrons. The van der Waals surface area contributed by atoms with Gasteiger partial charge in [0.15, 0.2) is 0 Å². The highest BCUT2D eigenvalue weighted by Gasteiger charge is 2.39. The van der Waals surface area contributed by atoms with E-state index in [2.05, 4.69) is 0 Å². The summed E-state index contributed by atoms with van der Waals surface area (Å²) < 4.78 is 10.2. The highest BCUT2D eigenvalue weighted by atomic mass is 16.7. The van der Waals surface area contributed by atoms with Gasteiger partial charge in [0.25, 0.3) is 5.79 Å². The lowest BCUT2D eigenvalue weighted by atomic mass is 9.98. The average molecular weight is 270 g/mol. The predicted molar refractivity (Wildman–Crippen MR) is 72.6 cm³/mol. The zero-order valence-corrected chi connectivity index (χ0v) is 11.3. The summed E-state index contributed by atoms with van der Waals surface area (Å²) in [4.78, 5) is 23.8. The van der Waals surface area contributed by atoms with E-state index in [0.29, 0.717) is 0 Å². The molecule has 102 valence electrons. The highest BCUT2D eigenvalue weighted by Crippen LogP contribution is 2.33. The molecule has 2 aliphatic rings. The Labute approximate surface area is 116 Å². The fraction of sp³-hybridized carbons (Fsp3) is 0.250. The smallest absolute Gasteiger partial charge is 0.348 e. The minimum absolute atomic E-state index is 0.0457. The van der Waals surface area contributed by atoms with E-state index < -0.39 is 17.7 Å². The molecule has 1 fully saturated rings. The van der Waals surface area contributed by atoms with Gasteiger partial charge < -0.3 is 9.47 Å². The Morgan fingerprint density at radius 3 is 2.45 bits per heavy atom. The summed E-state index contributed by atoms with van der Waals surface area (Å²) >= 11 is 0. The molecule has 1 aromatic rings. The summed E-state index contributed by atoms with van der Waals surface area (Å²) in [6.07, 6.45) is 5.51. The Kier molecular flexibility index (Phi) is 2.74. The van der Waals surface area contributed by atoms with E-state index in [-0.39, 0.29) is 11.5 Å². The summed E-state index contributed by atoms with van der Waals surface area (Å²) in [7, 11) is 0. The van der Waals surface area contributed by atoms with Gasteiger partial charge >= 0.3 is 11.9 Å². The van der Waals surface area contributed by atoms with Gasteiger partial charge in [-0.15, -0.1) is 0 Å². The lowest BCUT2D eigenvalue weighted by Crippen LogP contribution is -2.41. The van der Waals surface area contributed by atoms with Crippen LogP contribution in [0.15, 0.2) is 42.0 Å². The van der Waals surface area contributed by atoms with E-state index in [0.717, 1.165) is 11.1 Å². The first-order valence-corrected chi connectivity index (χ1v) is 6.42. The van der Waals surface area contributed by atoms with E-state index in [4.69, 9.17) is 9.47 Å². The van der Waals surface area contributed by atoms with E-state index in [1.165, 1.54) is 13.8 Å². The average Bonchev–Trinajstić information content (AvgIpc) is 2.76. The number of allylic oxidation sites excluding steroid dienone is 2. The predicted octanol–water partition coefficient (Wildman–Crippen LogP) is 2.56. The van der Waals surface area contributed by atoms with Crippen LogP contribution in [-0.4, -0.2) is 17.7 Å². The van der Waals surface area contributed by atoms with E-state index >= 15 is 0 Å². The molecule has 0 saturated carbocycles. The lowest BCUT2D eigenvalue weighted by Gasteiger charge is -2.30. The molecule has 0 bridgehead atoms. The third-order valence-electron chi connectivity index (χ3n) is 3.30. The minimum atomic E-state index is -1.20. The molecule has 1 saturated heterocycles. The highest BCUT2D eigenvalue weighted by molar-refractivity contribution is 6.15. The quantitative estimate of drug-likeness (QED) is 0.447. The van der Waals surface area contributed by atoms with Crippen LogP contribution < -0.4 is 0 Å². The van der Waals surface area contributed by atoms with Crippen LogP contribution in [0.25, 0.3) is 6.08 Å². The summed E-state index contributed by atoms with van der Waals surface area (Å²) in [6.45, 7) is 3.06. The second-order valence-electron chi connectivity index (χ2n) is 5.27. The van der Waals surface area contributed by atoms with Gasteiger partial charge in [0.2, 0.25) is 0 Å². The van der Waals surface area contributed by atoms with Crippen LogP contribution in [0, 0.1) is 0 Å². The SMILES string of the molecule is CC1(C)OC(=O)C(=CC2C=Cc3ccccc32)C(=O)O1. The van der Waals surface area contributed by atoms with Gasteiger partial charge in [-0.05, 0) is 11.1 Å². The minimum Gasteiger partial charge on any atom is -0.419 e. The van der Waals surface area contributed by atoms with E-state index in [1.807, 2.05) is 36.4 Å². The van der Waals surface area contributed by atoms with E-state index in [1.54, 1.807) is 6.08 Å². The van der Waals surface area contributed by atoms with Crippen LogP contribution in [0.4, 0.5) is 0 Å². The number of fused-ring (bicyclic) bond motifs is 1. The maximum Gasteiger partial charge on any atom is 0.348 e. The molecule has 1 heterocycles. The Morgan fingerprint density at radius 2 is 1.75 bits per heavy atom. The molecule has 3 rings (SSSR count). The van der Waals surface area contributed by atoms with Crippen LogP contribution in [-0.2, 0) is 19.1 Å². The van der Waals surface area contributed by atoms with Gasteiger partial charge in [-0.3, -0.25) is 0 Å². The summed E-state index contributed by atoms with van der Waals surface area (Å²) in [5, 5.41) is 0. The molecule has 4 heteroatoms. The molecule has 0 N–H and O–H groups in total. The third-order valence-corrected chi connectivity index (χ3v) is 3.30. The van der Waals surface area contributed by atoms with Gasteiger partial charge in [-0.1, -0.05) is 42.5 Å². The fourth-order valence-electron chi connectivity index (χ4n) is 2.40. The molecular formula is C16H14O4. The van der Waals surface area contributed by atoms with Crippen molar-refractivity contribution in [2.75, 3.05) is 0 Å². The largest absolute Gasteiger partial charge is 0.419 e. The molecule has 0 aromatic heterocycles. The van der Waals surface area contributed by atoms with Crippen molar-refractivity contribution in [3.8, 4) is 0 Å². The normalized spacial score (nSPS) is 23.1. The van der Waals surface area contributed by atoms with Crippen molar-refractivity contribution in [3.63, 3.8) is 0 Å². The number of rotatable bonds is 1. The zero-order chi connectivity index (χ0) is 14.3. The zero-order valence-electron chi connectivity index (χ0n) is 11.3. The first kappa shape index (κ1) is 12.7. The number of ether oxygens (including phenoxy) is 2. The molecular weight excluding hydrogens is 256 g/mol. The van der Waals surface area contributed by atoms with Crippen molar-refractivity contribution in [2.24, 2.45) is 0 Å². The van der Waals surface area contributed by atoms with Crippen LogP contribution in [0.5, 0.6) is 0 Å². The lowest BCUT2D eigenvalue weighted by molar-refractivity contribution is -0.222. The standard InChI is InChI=1S/C16H14O4/c1-16(2)19-14(17)13(15(18)20-16)9-11-8-7-10-5-3-4-6-12(10)11/h3-9,11H,1-2H3. The second-order valence-corrected chi connectivity index (χ2v) is 5.27. The summed E-state index contributed by atoms with van der Waals surface area (Å²) in [6, 6.07) is 7.84. The molecule has 20 heavy (non-hydrogen) atoms. The third kappa shape index (κ3) is 2.13. The number of carbonyl (C=O) groups is 2. The Morgan fingerprint density at radius 1 is 1.10 bits per heavy atom. The second kappa shape index (κ2) is 4.34. The topological polar surface area (TPSA) is 52.6 Å². The van der Waals surface area contributed by atoms with Crippen LogP contribution in [0.2, 0.25) is 0 Å². The maximum absolute atomic E-state index is 11.9. The summed E-state index contributed by atoms with van der Waals surface area (Å²) in [5.41, 5.74) is 2.10. The van der Waals surface area contributed by atoms with Gasteiger partial charge in [0.1, 0.15) is 5.57 Å². The van der Waals surface area contributed by atoms with Gasteiger partial charge in [0, 0.05) is 19.8 Å². The fourth-order valence-corrected chi connectivity index (χ4v) is 2.40. The van der Waals surface area contributed by atoms with Gasteiger partial charge in [0.05, 0.1) is 0 Å². The Hall–Kier alpha value is -2.36. The van der Waals surface area contributed by atoms with Crippen molar-refractivity contribution >= 4 is 18.0 Å². The number of esters is 2. The molecule has 1 aliphatic carbocycles.